The fourth-order valence-electron chi connectivity index (χ4n) is 2.00. The molecule has 1 N–H and O–H groups in total. The molecule has 1 unspecified atom stereocenters. The second-order valence-electron chi connectivity index (χ2n) is 4.10. The van der Waals surface area contributed by atoms with Crippen molar-refractivity contribution in [3.8, 4) is 6.07 Å². The number of rotatable bonds is 1. The van der Waals surface area contributed by atoms with Gasteiger partial charge in [0.05, 0.1) is 23.5 Å². The first-order valence-electron chi connectivity index (χ1n) is 4.60. The van der Waals surface area contributed by atoms with E-state index in [1.165, 1.54) is 0 Å². The van der Waals surface area contributed by atoms with Crippen LogP contribution < -0.4 is 0 Å². The van der Waals surface area contributed by atoms with Crippen molar-refractivity contribution < 1.29 is 9.90 Å². The van der Waals surface area contributed by atoms with Gasteiger partial charge in [-0.1, -0.05) is 13.8 Å². The summed E-state index contributed by atoms with van der Waals surface area (Å²) in [7, 11) is 0. The zero-order valence-electron chi connectivity index (χ0n) is 8.03. The maximum atomic E-state index is 10.9. The minimum absolute atomic E-state index is 0.0567. The van der Waals surface area contributed by atoms with Crippen LogP contribution in [0.15, 0.2) is 0 Å². The van der Waals surface area contributed by atoms with Gasteiger partial charge in [0, 0.05) is 0 Å². The van der Waals surface area contributed by atoms with Crippen LogP contribution in [0.5, 0.6) is 0 Å². The number of nitriles is 1. The Hall–Kier alpha value is -0.880. The second kappa shape index (κ2) is 3.47. The van der Waals surface area contributed by atoms with E-state index in [2.05, 4.69) is 6.07 Å². The van der Waals surface area contributed by atoms with Gasteiger partial charge in [0.2, 0.25) is 0 Å². The smallest absolute Gasteiger partial charge is 0.128 e. The van der Waals surface area contributed by atoms with Gasteiger partial charge >= 0.3 is 0 Å². The molecule has 0 aromatic heterocycles. The third-order valence-corrected chi connectivity index (χ3v) is 3.47. The SMILES string of the molecule is CC1[C@@H](C#N)CC[C@H](O)[C@@]1(C)C=O. The fourth-order valence-corrected chi connectivity index (χ4v) is 2.00. The molecule has 1 aliphatic carbocycles. The molecule has 1 fully saturated rings. The maximum absolute atomic E-state index is 10.9. The highest BCUT2D eigenvalue weighted by molar-refractivity contribution is 5.61. The number of aldehydes is 1. The standard InChI is InChI=1S/C10H15NO2/c1-7-8(5-11)3-4-9(13)10(7,2)6-12/h6-9,13H,3-4H2,1-2H3/t7?,8-,9+,10+/m1/s1. The van der Waals surface area contributed by atoms with Crippen LogP contribution in [0.4, 0.5) is 0 Å². The molecule has 72 valence electrons. The van der Waals surface area contributed by atoms with Gasteiger partial charge in [-0.2, -0.15) is 5.26 Å². The molecule has 1 rings (SSSR count). The first-order valence-corrected chi connectivity index (χ1v) is 4.60. The van der Waals surface area contributed by atoms with Crippen molar-refractivity contribution in [1.29, 1.82) is 5.26 Å². The van der Waals surface area contributed by atoms with Gasteiger partial charge in [0.25, 0.3) is 0 Å². The number of aliphatic hydroxyl groups excluding tert-OH is 1. The van der Waals surface area contributed by atoms with Crippen LogP contribution in [-0.2, 0) is 4.79 Å². The molecule has 1 saturated carbocycles. The summed E-state index contributed by atoms with van der Waals surface area (Å²) in [4.78, 5) is 10.9. The van der Waals surface area contributed by atoms with Gasteiger partial charge in [0.1, 0.15) is 6.29 Å². The van der Waals surface area contributed by atoms with E-state index in [1.54, 1.807) is 6.92 Å². The first-order chi connectivity index (χ1) is 6.06. The molecule has 0 saturated heterocycles. The van der Waals surface area contributed by atoms with Crippen LogP contribution in [0.1, 0.15) is 26.7 Å². The van der Waals surface area contributed by atoms with Crippen LogP contribution in [0.3, 0.4) is 0 Å². The first kappa shape index (κ1) is 10.2. The molecular formula is C10H15NO2. The minimum Gasteiger partial charge on any atom is -0.392 e. The second-order valence-corrected chi connectivity index (χ2v) is 4.10. The number of carbonyl (C=O) groups excluding carboxylic acids is 1. The van der Waals surface area contributed by atoms with E-state index in [-0.39, 0.29) is 11.8 Å². The topological polar surface area (TPSA) is 61.1 Å². The van der Waals surface area contributed by atoms with Crippen molar-refractivity contribution in [2.75, 3.05) is 0 Å². The Morgan fingerprint density at radius 1 is 1.62 bits per heavy atom. The zero-order valence-corrected chi connectivity index (χ0v) is 8.03. The van der Waals surface area contributed by atoms with E-state index in [0.29, 0.717) is 12.8 Å². The third-order valence-electron chi connectivity index (χ3n) is 3.47. The number of hydrogen-bond acceptors (Lipinski definition) is 3. The Labute approximate surface area is 78.4 Å². The van der Waals surface area contributed by atoms with Crippen LogP contribution in [-0.4, -0.2) is 17.5 Å². The van der Waals surface area contributed by atoms with E-state index in [1.807, 2.05) is 6.92 Å². The Morgan fingerprint density at radius 3 is 2.69 bits per heavy atom. The lowest BCUT2D eigenvalue weighted by molar-refractivity contribution is -0.131. The van der Waals surface area contributed by atoms with Crippen molar-refractivity contribution in [3.05, 3.63) is 0 Å². The fraction of sp³-hybridized carbons (Fsp3) is 0.800. The summed E-state index contributed by atoms with van der Waals surface area (Å²) < 4.78 is 0. The molecule has 0 heterocycles. The highest BCUT2D eigenvalue weighted by atomic mass is 16.3. The van der Waals surface area contributed by atoms with Gasteiger partial charge in [0.15, 0.2) is 0 Å². The predicted molar refractivity (Wildman–Crippen MR) is 47.7 cm³/mol. The Balaban J connectivity index is 2.91. The monoisotopic (exact) mass is 181 g/mol. The van der Waals surface area contributed by atoms with E-state index >= 15 is 0 Å². The van der Waals surface area contributed by atoms with Gasteiger partial charge in [-0.15, -0.1) is 0 Å². The average molecular weight is 181 g/mol. The highest BCUT2D eigenvalue weighted by Gasteiger charge is 2.45. The van der Waals surface area contributed by atoms with Crippen molar-refractivity contribution in [2.24, 2.45) is 17.3 Å². The zero-order chi connectivity index (χ0) is 10.1. The molecule has 3 heteroatoms. The van der Waals surface area contributed by atoms with Gasteiger partial charge in [-0.3, -0.25) is 0 Å². The van der Waals surface area contributed by atoms with E-state index in [9.17, 15) is 9.90 Å². The lowest BCUT2D eigenvalue weighted by Crippen LogP contribution is -2.46. The highest BCUT2D eigenvalue weighted by Crippen LogP contribution is 2.42. The predicted octanol–water partition coefficient (Wildman–Crippen LogP) is 1.12. The molecule has 13 heavy (non-hydrogen) atoms. The van der Waals surface area contributed by atoms with Crippen molar-refractivity contribution >= 4 is 6.29 Å². The molecule has 0 aromatic carbocycles. The summed E-state index contributed by atoms with van der Waals surface area (Å²) >= 11 is 0. The molecule has 0 bridgehead atoms. The van der Waals surface area contributed by atoms with Crippen LogP contribution >= 0.6 is 0 Å². The summed E-state index contributed by atoms with van der Waals surface area (Å²) in [6.07, 6.45) is 1.45. The lowest BCUT2D eigenvalue weighted by atomic mass is 9.63. The quantitative estimate of drug-likeness (QED) is 0.617. The maximum Gasteiger partial charge on any atom is 0.128 e. The number of carbonyl (C=O) groups is 1. The molecule has 0 aromatic rings. The van der Waals surface area contributed by atoms with Gasteiger partial charge in [-0.25, -0.2) is 0 Å². The summed E-state index contributed by atoms with van der Waals surface area (Å²) in [6, 6.07) is 2.19. The van der Waals surface area contributed by atoms with Crippen LogP contribution in [0.25, 0.3) is 0 Å². The number of aliphatic hydroxyl groups is 1. The van der Waals surface area contributed by atoms with Crippen LogP contribution in [0.2, 0.25) is 0 Å². The van der Waals surface area contributed by atoms with Gasteiger partial charge < -0.3 is 9.90 Å². The normalized spacial score (nSPS) is 45.2. The van der Waals surface area contributed by atoms with Crippen LogP contribution in [0, 0.1) is 28.6 Å². The molecule has 1 aliphatic rings. The van der Waals surface area contributed by atoms with E-state index < -0.39 is 11.5 Å². The van der Waals surface area contributed by atoms with Crippen molar-refractivity contribution in [3.63, 3.8) is 0 Å². The van der Waals surface area contributed by atoms with E-state index in [4.69, 9.17) is 5.26 Å². The molecule has 4 atom stereocenters. The average Bonchev–Trinajstić information content (AvgIpc) is 2.15. The summed E-state index contributed by atoms with van der Waals surface area (Å²) in [5, 5.41) is 18.5. The number of hydrogen-bond donors (Lipinski definition) is 1. The Kier molecular flexibility index (Phi) is 2.72. The summed E-state index contributed by atoms with van der Waals surface area (Å²) in [5.74, 6) is -0.155. The molecular weight excluding hydrogens is 166 g/mol. The largest absolute Gasteiger partial charge is 0.392 e. The molecule has 3 nitrogen and oxygen atoms in total. The Bertz CT molecular complexity index is 246. The molecule has 0 spiro atoms. The Morgan fingerprint density at radius 2 is 2.23 bits per heavy atom. The van der Waals surface area contributed by atoms with Gasteiger partial charge in [-0.05, 0) is 18.8 Å². The van der Waals surface area contributed by atoms with Crippen molar-refractivity contribution in [2.45, 2.75) is 32.8 Å². The summed E-state index contributed by atoms with van der Waals surface area (Å²) in [6.45, 7) is 3.60. The molecule has 0 amide bonds. The third kappa shape index (κ3) is 1.47. The molecule has 0 aliphatic heterocycles. The molecule has 0 radical (unpaired) electrons. The van der Waals surface area contributed by atoms with E-state index in [0.717, 1.165) is 6.29 Å². The lowest BCUT2D eigenvalue weighted by Gasteiger charge is -2.41. The van der Waals surface area contributed by atoms with Crippen molar-refractivity contribution in [1.82, 2.24) is 0 Å². The number of nitrogens with zero attached hydrogens (tertiary/aromatic N) is 1. The minimum atomic E-state index is -0.737. The summed E-state index contributed by atoms with van der Waals surface area (Å²) in [5.41, 5.74) is -0.737.